The molecule has 82 valence electrons. The SMILES string of the molecule is CNC(C)O.NC(CO)(CO)CO. The van der Waals surface area contributed by atoms with Crippen LogP contribution in [0.25, 0.3) is 0 Å². The average molecular weight is 196 g/mol. The summed E-state index contributed by atoms with van der Waals surface area (Å²) in [5.41, 5.74) is 3.94. The Hall–Kier alpha value is -0.240. The third-order valence-corrected chi connectivity index (χ3v) is 1.36. The van der Waals surface area contributed by atoms with Crippen molar-refractivity contribution in [1.82, 2.24) is 5.32 Å². The number of nitrogens with two attached hydrogens (primary N) is 1. The van der Waals surface area contributed by atoms with Crippen molar-refractivity contribution in [2.24, 2.45) is 5.73 Å². The van der Waals surface area contributed by atoms with Crippen molar-refractivity contribution in [2.75, 3.05) is 26.9 Å². The van der Waals surface area contributed by atoms with Crippen LogP contribution < -0.4 is 11.1 Å². The van der Waals surface area contributed by atoms with E-state index >= 15 is 0 Å². The Labute approximate surface area is 78.0 Å². The van der Waals surface area contributed by atoms with Crippen molar-refractivity contribution in [3.05, 3.63) is 0 Å². The van der Waals surface area contributed by atoms with E-state index in [0.29, 0.717) is 0 Å². The van der Waals surface area contributed by atoms with Gasteiger partial charge in [0.05, 0.1) is 25.4 Å². The average Bonchev–Trinajstić information content (AvgIpc) is 2.17. The predicted molar refractivity (Wildman–Crippen MR) is 48.9 cm³/mol. The van der Waals surface area contributed by atoms with Crippen LogP contribution in [0.4, 0.5) is 0 Å². The monoisotopic (exact) mass is 196 g/mol. The van der Waals surface area contributed by atoms with Gasteiger partial charge in [-0.15, -0.1) is 0 Å². The number of hydrogen-bond acceptors (Lipinski definition) is 6. The van der Waals surface area contributed by atoms with Crippen molar-refractivity contribution < 1.29 is 20.4 Å². The van der Waals surface area contributed by atoms with Gasteiger partial charge < -0.3 is 26.2 Å². The van der Waals surface area contributed by atoms with E-state index in [1.807, 2.05) is 0 Å². The normalized spacial score (nSPS) is 13.2. The summed E-state index contributed by atoms with van der Waals surface area (Å²) in [7, 11) is 1.70. The number of nitrogens with one attached hydrogen (secondary N) is 1. The Morgan fingerprint density at radius 1 is 1.23 bits per heavy atom. The molecule has 0 aromatic carbocycles. The summed E-state index contributed by atoms with van der Waals surface area (Å²) in [4.78, 5) is 0. The second kappa shape index (κ2) is 8.36. The summed E-state index contributed by atoms with van der Waals surface area (Å²) in [6.07, 6.45) is -0.366. The van der Waals surface area contributed by atoms with Gasteiger partial charge in [-0.2, -0.15) is 0 Å². The fourth-order valence-corrected chi connectivity index (χ4v) is 0.150. The fraction of sp³-hybridized carbons (Fsp3) is 1.00. The van der Waals surface area contributed by atoms with E-state index in [9.17, 15) is 0 Å². The lowest BCUT2D eigenvalue weighted by molar-refractivity contribution is 0.0698. The molecule has 7 N–H and O–H groups in total. The van der Waals surface area contributed by atoms with Gasteiger partial charge in [-0.1, -0.05) is 0 Å². The highest BCUT2D eigenvalue weighted by Crippen LogP contribution is 1.93. The summed E-state index contributed by atoms with van der Waals surface area (Å²) >= 11 is 0. The van der Waals surface area contributed by atoms with Gasteiger partial charge in [0.15, 0.2) is 0 Å². The molecule has 0 amide bonds. The predicted octanol–water partition coefficient (Wildman–Crippen LogP) is -2.80. The summed E-state index contributed by atoms with van der Waals surface area (Å²) in [6, 6.07) is 0. The molecule has 1 unspecified atom stereocenters. The highest BCUT2D eigenvalue weighted by Gasteiger charge is 2.20. The summed E-state index contributed by atoms with van der Waals surface area (Å²) in [6.45, 7) is 0.458. The molecule has 0 spiro atoms. The standard InChI is InChI=1S/C4H11NO3.C3H9NO/c5-4(1-6,2-7)3-8;1-3(5)4-2/h6-8H,1-3,5H2;3-5H,1-2H3. The van der Waals surface area contributed by atoms with Crippen molar-refractivity contribution in [3.63, 3.8) is 0 Å². The molecular formula is C7H20N2O4. The smallest absolute Gasteiger partial charge is 0.101 e. The minimum atomic E-state index is -1.21. The lowest BCUT2D eigenvalue weighted by Gasteiger charge is -2.20. The molecule has 6 heteroatoms. The van der Waals surface area contributed by atoms with E-state index in [1.165, 1.54) is 0 Å². The quantitative estimate of drug-likeness (QED) is 0.270. The van der Waals surface area contributed by atoms with E-state index in [4.69, 9.17) is 26.2 Å². The van der Waals surface area contributed by atoms with Crippen LogP contribution in [0.15, 0.2) is 0 Å². The molecule has 0 saturated heterocycles. The van der Waals surface area contributed by atoms with Crippen LogP contribution in [0.2, 0.25) is 0 Å². The van der Waals surface area contributed by atoms with E-state index < -0.39 is 25.4 Å². The number of aliphatic hydroxyl groups is 4. The Morgan fingerprint density at radius 2 is 1.46 bits per heavy atom. The molecule has 0 fully saturated rings. The molecular weight excluding hydrogens is 176 g/mol. The van der Waals surface area contributed by atoms with Crippen LogP contribution in [0.5, 0.6) is 0 Å². The minimum Gasteiger partial charge on any atom is -0.394 e. The first-order chi connectivity index (χ1) is 5.95. The number of hydrogen-bond donors (Lipinski definition) is 6. The fourth-order valence-electron chi connectivity index (χ4n) is 0.150. The molecule has 0 aromatic heterocycles. The second-order valence-electron chi connectivity index (χ2n) is 2.80. The molecule has 0 rings (SSSR count). The highest BCUT2D eigenvalue weighted by atomic mass is 16.3. The van der Waals surface area contributed by atoms with Crippen LogP contribution in [-0.2, 0) is 0 Å². The van der Waals surface area contributed by atoms with Gasteiger partial charge in [-0.25, -0.2) is 0 Å². The van der Waals surface area contributed by atoms with Crippen LogP contribution in [0.1, 0.15) is 6.92 Å². The van der Waals surface area contributed by atoms with Gasteiger partial charge in [0.1, 0.15) is 6.23 Å². The lowest BCUT2D eigenvalue weighted by Crippen LogP contribution is -2.50. The third-order valence-electron chi connectivity index (χ3n) is 1.36. The molecule has 1 atom stereocenters. The van der Waals surface area contributed by atoms with Crippen LogP contribution >= 0.6 is 0 Å². The van der Waals surface area contributed by atoms with Crippen molar-refractivity contribution in [1.29, 1.82) is 0 Å². The summed E-state index contributed by atoms with van der Waals surface area (Å²) in [5.74, 6) is 0. The number of rotatable bonds is 4. The Bertz CT molecular complexity index is 98.4. The Kier molecular flexibility index (Phi) is 9.80. The van der Waals surface area contributed by atoms with Crippen LogP contribution in [0, 0.1) is 0 Å². The van der Waals surface area contributed by atoms with E-state index in [2.05, 4.69) is 5.32 Å². The Balaban J connectivity index is 0. The van der Waals surface area contributed by atoms with Gasteiger partial charge in [-0.05, 0) is 14.0 Å². The molecule has 0 aromatic rings. The highest BCUT2D eigenvalue weighted by molar-refractivity contribution is 4.80. The van der Waals surface area contributed by atoms with Crippen LogP contribution in [-0.4, -0.2) is 59.1 Å². The first-order valence-corrected chi connectivity index (χ1v) is 3.92. The molecule has 0 radical (unpaired) electrons. The molecule has 0 aliphatic rings. The van der Waals surface area contributed by atoms with Crippen molar-refractivity contribution in [3.8, 4) is 0 Å². The van der Waals surface area contributed by atoms with E-state index in [-0.39, 0.29) is 6.23 Å². The third kappa shape index (κ3) is 9.68. The number of aliphatic hydroxyl groups excluding tert-OH is 4. The van der Waals surface area contributed by atoms with Gasteiger partial charge in [-0.3, -0.25) is 5.32 Å². The zero-order valence-electron chi connectivity index (χ0n) is 8.06. The van der Waals surface area contributed by atoms with E-state index in [0.717, 1.165) is 0 Å². The van der Waals surface area contributed by atoms with Crippen LogP contribution in [0.3, 0.4) is 0 Å². The molecule has 0 saturated carbocycles. The lowest BCUT2D eigenvalue weighted by atomic mass is 10.1. The maximum atomic E-state index is 8.34. The Morgan fingerprint density at radius 3 is 1.46 bits per heavy atom. The molecule has 0 aliphatic carbocycles. The molecule has 0 bridgehead atoms. The maximum Gasteiger partial charge on any atom is 0.101 e. The van der Waals surface area contributed by atoms with E-state index in [1.54, 1.807) is 14.0 Å². The van der Waals surface area contributed by atoms with Gasteiger partial charge in [0, 0.05) is 0 Å². The second-order valence-corrected chi connectivity index (χ2v) is 2.80. The van der Waals surface area contributed by atoms with Gasteiger partial charge >= 0.3 is 0 Å². The zero-order chi connectivity index (χ0) is 10.9. The maximum absolute atomic E-state index is 8.34. The topological polar surface area (TPSA) is 119 Å². The summed E-state index contributed by atoms with van der Waals surface area (Å²) < 4.78 is 0. The molecule has 13 heavy (non-hydrogen) atoms. The van der Waals surface area contributed by atoms with Crippen molar-refractivity contribution in [2.45, 2.75) is 18.7 Å². The molecule has 0 heterocycles. The molecule has 0 aliphatic heterocycles. The minimum absolute atomic E-state index is 0.366. The molecule has 6 nitrogen and oxygen atoms in total. The largest absolute Gasteiger partial charge is 0.394 e. The van der Waals surface area contributed by atoms with Crippen molar-refractivity contribution >= 4 is 0 Å². The zero-order valence-corrected chi connectivity index (χ0v) is 8.06. The summed E-state index contributed by atoms with van der Waals surface area (Å²) in [5, 5.41) is 35.9. The first-order valence-electron chi connectivity index (χ1n) is 3.92. The first kappa shape index (κ1) is 15.2. The van der Waals surface area contributed by atoms with Gasteiger partial charge in [0.25, 0.3) is 0 Å². The van der Waals surface area contributed by atoms with Gasteiger partial charge in [0.2, 0.25) is 0 Å².